The molecular formula is C13H15N. The molecule has 0 radical (unpaired) electrons. The van der Waals surface area contributed by atoms with Crippen LogP contribution in [-0.4, -0.2) is 0 Å². The average molecular weight is 185 g/mol. The van der Waals surface area contributed by atoms with Crippen LogP contribution in [0.25, 0.3) is 5.57 Å². The van der Waals surface area contributed by atoms with Crippen molar-refractivity contribution in [2.45, 2.75) is 26.2 Å². The predicted molar refractivity (Wildman–Crippen MR) is 59.6 cm³/mol. The number of nitriles is 1. The maximum absolute atomic E-state index is 8.38. The molecule has 0 aliphatic heterocycles. The Kier molecular flexibility index (Phi) is 4.50. The van der Waals surface area contributed by atoms with Gasteiger partial charge in [-0.2, -0.15) is 5.26 Å². The summed E-state index contributed by atoms with van der Waals surface area (Å²) in [5, 5.41) is 8.38. The van der Waals surface area contributed by atoms with Crippen LogP contribution in [-0.2, 0) is 0 Å². The topological polar surface area (TPSA) is 23.8 Å². The minimum absolute atomic E-state index is 0.651. The molecule has 0 spiro atoms. The van der Waals surface area contributed by atoms with Gasteiger partial charge >= 0.3 is 0 Å². The zero-order valence-electron chi connectivity index (χ0n) is 8.53. The molecule has 0 saturated heterocycles. The maximum atomic E-state index is 8.38. The van der Waals surface area contributed by atoms with Crippen LogP contribution < -0.4 is 0 Å². The molecule has 0 atom stereocenters. The van der Waals surface area contributed by atoms with Crippen LogP contribution in [0, 0.1) is 11.3 Å². The van der Waals surface area contributed by atoms with E-state index < -0.39 is 0 Å². The summed E-state index contributed by atoms with van der Waals surface area (Å²) in [5.74, 6) is 0. The molecule has 0 aromatic heterocycles. The minimum Gasteiger partial charge on any atom is -0.198 e. The molecule has 1 heteroatoms. The highest BCUT2D eigenvalue weighted by molar-refractivity contribution is 5.63. The molecule has 0 heterocycles. The van der Waals surface area contributed by atoms with Crippen molar-refractivity contribution >= 4 is 5.57 Å². The number of rotatable bonds is 4. The van der Waals surface area contributed by atoms with Crippen molar-refractivity contribution in [3.63, 3.8) is 0 Å². The van der Waals surface area contributed by atoms with E-state index in [9.17, 15) is 0 Å². The largest absolute Gasteiger partial charge is 0.198 e. The van der Waals surface area contributed by atoms with Gasteiger partial charge in [0.15, 0.2) is 0 Å². The summed E-state index contributed by atoms with van der Waals surface area (Å²) < 4.78 is 0. The second-order valence-electron chi connectivity index (χ2n) is 3.30. The first-order chi connectivity index (χ1) is 6.84. The molecule has 72 valence electrons. The number of hydrogen-bond donors (Lipinski definition) is 0. The number of nitrogens with zero attached hydrogens (tertiary/aromatic N) is 1. The van der Waals surface area contributed by atoms with E-state index in [1.54, 1.807) is 0 Å². The Labute approximate surface area is 85.7 Å². The number of unbranched alkanes of at least 4 members (excludes halogenated alkanes) is 2. The SMILES string of the molecule is C/C(=C\CCCC#N)c1ccccc1. The minimum atomic E-state index is 0.651. The number of benzene rings is 1. The van der Waals surface area contributed by atoms with E-state index in [0.29, 0.717) is 6.42 Å². The van der Waals surface area contributed by atoms with Crippen LogP contribution >= 0.6 is 0 Å². The van der Waals surface area contributed by atoms with Gasteiger partial charge in [0.05, 0.1) is 6.07 Å². The number of hydrogen-bond acceptors (Lipinski definition) is 1. The zero-order valence-corrected chi connectivity index (χ0v) is 8.53. The van der Waals surface area contributed by atoms with Crippen LogP contribution in [0.4, 0.5) is 0 Å². The van der Waals surface area contributed by atoms with Crippen molar-refractivity contribution in [2.24, 2.45) is 0 Å². The van der Waals surface area contributed by atoms with Gasteiger partial charge in [0.25, 0.3) is 0 Å². The molecule has 0 N–H and O–H groups in total. The van der Waals surface area contributed by atoms with Gasteiger partial charge in [-0.3, -0.25) is 0 Å². The van der Waals surface area contributed by atoms with Gasteiger partial charge in [-0.05, 0) is 30.9 Å². The van der Waals surface area contributed by atoms with E-state index in [4.69, 9.17) is 5.26 Å². The third kappa shape index (κ3) is 3.45. The molecule has 0 aliphatic carbocycles. The first-order valence-corrected chi connectivity index (χ1v) is 4.93. The van der Waals surface area contributed by atoms with Crippen LogP contribution in [0.2, 0.25) is 0 Å². The molecule has 0 bridgehead atoms. The van der Waals surface area contributed by atoms with E-state index in [1.807, 2.05) is 18.2 Å². The lowest BCUT2D eigenvalue weighted by Crippen LogP contribution is -1.78. The fourth-order valence-corrected chi connectivity index (χ4v) is 1.32. The van der Waals surface area contributed by atoms with Crippen LogP contribution in [0.1, 0.15) is 31.7 Å². The Hall–Kier alpha value is -1.55. The van der Waals surface area contributed by atoms with Gasteiger partial charge in [0, 0.05) is 6.42 Å². The third-order valence-electron chi connectivity index (χ3n) is 2.17. The van der Waals surface area contributed by atoms with Crippen LogP contribution in [0.3, 0.4) is 0 Å². The lowest BCUT2D eigenvalue weighted by Gasteiger charge is -2.00. The second kappa shape index (κ2) is 5.99. The van der Waals surface area contributed by atoms with Gasteiger partial charge in [-0.1, -0.05) is 36.4 Å². The van der Waals surface area contributed by atoms with Crippen molar-refractivity contribution in [2.75, 3.05) is 0 Å². The highest BCUT2D eigenvalue weighted by Gasteiger charge is 1.92. The van der Waals surface area contributed by atoms with E-state index in [-0.39, 0.29) is 0 Å². The highest BCUT2D eigenvalue weighted by atomic mass is 14.2. The second-order valence-corrected chi connectivity index (χ2v) is 3.30. The van der Waals surface area contributed by atoms with Crippen molar-refractivity contribution in [1.82, 2.24) is 0 Å². The lowest BCUT2D eigenvalue weighted by molar-refractivity contribution is 0.877. The molecule has 0 unspecified atom stereocenters. The zero-order chi connectivity index (χ0) is 10.2. The molecule has 0 aliphatic rings. The smallest absolute Gasteiger partial charge is 0.0621 e. The van der Waals surface area contributed by atoms with Gasteiger partial charge in [0.1, 0.15) is 0 Å². The fourth-order valence-electron chi connectivity index (χ4n) is 1.32. The monoisotopic (exact) mass is 185 g/mol. The van der Waals surface area contributed by atoms with Gasteiger partial charge in [0.2, 0.25) is 0 Å². The van der Waals surface area contributed by atoms with E-state index >= 15 is 0 Å². The molecular weight excluding hydrogens is 170 g/mol. The van der Waals surface area contributed by atoms with E-state index in [2.05, 4.69) is 31.2 Å². The normalized spacial score (nSPS) is 11.0. The molecule has 0 fully saturated rings. The van der Waals surface area contributed by atoms with Crippen LogP contribution in [0.15, 0.2) is 36.4 Å². The molecule has 1 nitrogen and oxygen atoms in total. The Bertz CT molecular complexity index is 330. The summed E-state index contributed by atoms with van der Waals surface area (Å²) in [4.78, 5) is 0. The third-order valence-corrected chi connectivity index (χ3v) is 2.17. The Morgan fingerprint density at radius 2 is 2.07 bits per heavy atom. The summed E-state index contributed by atoms with van der Waals surface area (Å²) in [6.07, 6.45) is 4.81. The Balaban J connectivity index is 2.49. The molecule has 0 saturated carbocycles. The molecule has 14 heavy (non-hydrogen) atoms. The van der Waals surface area contributed by atoms with Crippen molar-refractivity contribution in [3.8, 4) is 6.07 Å². The van der Waals surface area contributed by atoms with E-state index in [1.165, 1.54) is 11.1 Å². The van der Waals surface area contributed by atoms with Gasteiger partial charge < -0.3 is 0 Å². The van der Waals surface area contributed by atoms with Crippen molar-refractivity contribution in [3.05, 3.63) is 42.0 Å². The molecule has 1 rings (SSSR count). The summed E-state index contributed by atoms with van der Waals surface area (Å²) in [7, 11) is 0. The Morgan fingerprint density at radius 3 is 2.71 bits per heavy atom. The molecule has 1 aromatic carbocycles. The van der Waals surface area contributed by atoms with Crippen molar-refractivity contribution in [1.29, 1.82) is 5.26 Å². The average Bonchev–Trinajstić information content (AvgIpc) is 2.25. The summed E-state index contributed by atoms with van der Waals surface area (Å²) in [5.41, 5.74) is 2.56. The fraction of sp³-hybridized carbons (Fsp3) is 0.308. The Morgan fingerprint density at radius 1 is 1.36 bits per heavy atom. The number of allylic oxidation sites excluding steroid dienone is 2. The van der Waals surface area contributed by atoms with E-state index in [0.717, 1.165) is 12.8 Å². The predicted octanol–water partition coefficient (Wildman–Crippen LogP) is 3.78. The van der Waals surface area contributed by atoms with Gasteiger partial charge in [-0.15, -0.1) is 0 Å². The maximum Gasteiger partial charge on any atom is 0.0621 e. The van der Waals surface area contributed by atoms with Gasteiger partial charge in [-0.25, -0.2) is 0 Å². The van der Waals surface area contributed by atoms with Crippen LogP contribution in [0.5, 0.6) is 0 Å². The standard InChI is InChI=1S/C13H15N/c1-12(8-4-3-7-11-14)13-9-5-2-6-10-13/h2,5-6,8-10H,3-4,7H2,1H3/b12-8+. The summed E-state index contributed by atoms with van der Waals surface area (Å²) >= 11 is 0. The molecule has 1 aromatic rings. The first kappa shape index (κ1) is 10.5. The van der Waals surface area contributed by atoms with Crippen molar-refractivity contribution < 1.29 is 0 Å². The first-order valence-electron chi connectivity index (χ1n) is 4.93. The lowest BCUT2D eigenvalue weighted by atomic mass is 10.1. The summed E-state index contributed by atoms with van der Waals surface area (Å²) in [6, 6.07) is 12.5. The highest BCUT2D eigenvalue weighted by Crippen LogP contribution is 2.14. The summed E-state index contributed by atoms with van der Waals surface area (Å²) in [6.45, 7) is 2.11. The quantitative estimate of drug-likeness (QED) is 0.655. The molecule has 0 amide bonds.